The topological polar surface area (TPSA) is 148 Å². The Morgan fingerprint density at radius 2 is 1.90 bits per heavy atom. The fraction of sp³-hybridized carbons (Fsp3) is 0.846. The van der Waals surface area contributed by atoms with Crippen molar-refractivity contribution in [2.45, 2.75) is 51.3 Å². The maximum Gasteiger partial charge on any atom is 0.309 e. The molecular weight excluding hydrogens is 260 g/mol. The lowest BCUT2D eigenvalue weighted by molar-refractivity contribution is -0.145. The highest BCUT2D eigenvalue weighted by molar-refractivity contribution is 5.76. The maximum atomic E-state index is 11.2. The van der Waals surface area contributed by atoms with Gasteiger partial charge in [0.25, 0.3) is 0 Å². The van der Waals surface area contributed by atoms with E-state index in [0.717, 1.165) is 12.8 Å². The van der Waals surface area contributed by atoms with E-state index in [1.165, 1.54) is 0 Å². The van der Waals surface area contributed by atoms with Crippen LogP contribution in [0, 0.1) is 17.8 Å². The van der Waals surface area contributed by atoms with Crippen LogP contribution in [0.1, 0.15) is 33.1 Å². The zero-order valence-corrected chi connectivity index (χ0v) is 12.1. The number of aliphatic hydroxyl groups is 1. The van der Waals surface area contributed by atoms with Crippen molar-refractivity contribution in [3.8, 4) is 0 Å². The van der Waals surface area contributed by atoms with Crippen LogP contribution in [-0.4, -0.2) is 40.3 Å². The molecule has 0 amide bonds. The van der Waals surface area contributed by atoms with Crippen molar-refractivity contribution in [1.82, 2.24) is 0 Å². The Morgan fingerprint density at radius 3 is 2.30 bits per heavy atom. The van der Waals surface area contributed by atoms with Gasteiger partial charge in [0, 0.05) is 12.0 Å². The third-order valence-electron chi connectivity index (χ3n) is 4.42. The van der Waals surface area contributed by atoms with Crippen molar-refractivity contribution in [1.29, 1.82) is 0 Å². The summed E-state index contributed by atoms with van der Waals surface area (Å²) in [4.78, 5) is 15.3. The highest BCUT2D eigenvalue weighted by atomic mass is 16.4. The molecule has 1 aliphatic carbocycles. The van der Waals surface area contributed by atoms with Gasteiger partial charge in [0.15, 0.2) is 5.96 Å². The van der Waals surface area contributed by atoms with Crippen LogP contribution in [-0.2, 0) is 4.79 Å². The van der Waals surface area contributed by atoms with E-state index < -0.39 is 30.0 Å². The van der Waals surface area contributed by atoms with Crippen molar-refractivity contribution < 1.29 is 15.0 Å². The van der Waals surface area contributed by atoms with Crippen LogP contribution in [0.2, 0.25) is 0 Å². The largest absolute Gasteiger partial charge is 0.481 e. The number of aliphatic imine (C=N–C) groups is 1. The van der Waals surface area contributed by atoms with Crippen molar-refractivity contribution in [3.05, 3.63) is 0 Å². The van der Waals surface area contributed by atoms with Crippen LogP contribution in [0.5, 0.6) is 0 Å². The average Bonchev–Trinajstić information content (AvgIpc) is 2.66. The first kappa shape index (κ1) is 16.7. The molecule has 1 unspecified atom stereocenters. The van der Waals surface area contributed by atoms with Crippen LogP contribution in [0.4, 0.5) is 0 Å². The number of carboxylic acid groups (broad SMARTS) is 1. The highest BCUT2D eigenvalue weighted by Crippen LogP contribution is 2.38. The van der Waals surface area contributed by atoms with Crippen molar-refractivity contribution in [2.24, 2.45) is 39.9 Å². The summed E-state index contributed by atoms with van der Waals surface area (Å²) in [5.41, 5.74) is 17.1. The molecule has 7 heteroatoms. The summed E-state index contributed by atoms with van der Waals surface area (Å²) in [6, 6.07) is -0.760. The van der Waals surface area contributed by atoms with Gasteiger partial charge in [-0.1, -0.05) is 26.7 Å². The average molecular weight is 286 g/mol. The summed E-state index contributed by atoms with van der Waals surface area (Å²) in [5.74, 6) is -2.22. The lowest BCUT2D eigenvalue weighted by Gasteiger charge is -2.32. The molecule has 0 aromatic rings. The molecule has 0 aromatic heterocycles. The van der Waals surface area contributed by atoms with Crippen molar-refractivity contribution >= 4 is 11.9 Å². The Morgan fingerprint density at radius 1 is 1.35 bits per heavy atom. The van der Waals surface area contributed by atoms with E-state index in [9.17, 15) is 15.0 Å². The number of nitrogens with zero attached hydrogens (tertiary/aromatic N) is 1. The SMILES string of the molecule is CCC(CC)C(N)[C@@H]1[C@H](O)[C@@H](C(=O)O)C[C@H]1N=C(N)N. The summed E-state index contributed by atoms with van der Waals surface area (Å²) in [5, 5.41) is 19.5. The van der Waals surface area contributed by atoms with Gasteiger partial charge in [-0.05, 0) is 12.3 Å². The van der Waals surface area contributed by atoms with Gasteiger partial charge in [-0.3, -0.25) is 4.79 Å². The zero-order chi connectivity index (χ0) is 15.4. The third kappa shape index (κ3) is 3.40. The fourth-order valence-corrected chi connectivity index (χ4v) is 3.26. The van der Waals surface area contributed by atoms with Gasteiger partial charge in [0.1, 0.15) is 0 Å². The molecule has 1 saturated carbocycles. The summed E-state index contributed by atoms with van der Waals surface area (Å²) in [7, 11) is 0. The molecular formula is C13H26N4O3. The Hall–Kier alpha value is -1.34. The second-order valence-corrected chi connectivity index (χ2v) is 5.52. The number of guanidine groups is 1. The number of hydrogen-bond acceptors (Lipinski definition) is 4. The van der Waals surface area contributed by atoms with Gasteiger partial charge in [-0.25, -0.2) is 4.99 Å². The van der Waals surface area contributed by atoms with Gasteiger partial charge in [-0.2, -0.15) is 0 Å². The predicted molar refractivity (Wildman–Crippen MR) is 76.9 cm³/mol. The number of aliphatic carboxylic acids is 1. The zero-order valence-electron chi connectivity index (χ0n) is 12.1. The minimum absolute atomic E-state index is 0.102. The fourth-order valence-electron chi connectivity index (χ4n) is 3.26. The summed E-state index contributed by atoms with van der Waals surface area (Å²) < 4.78 is 0. The monoisotopic (exact) mass is 286 g/mol. The van der Waals surface area contributed by atoms with Gasteiger partial charge < -0.3 is 27.4 Å². The molecule has 1 fully saturated rings. The molecule has 0 bridgehead atoms. The predicted octanol–water partition coefficient (Wildman–Crippen LogP) is -0.526. The standard InChI is InChI=1S/C13H26N4O3/c1-3-6(4-2)10(14)9-8(17-13(15)16)5-7(11(9)18)12(19)20/h6-11,18H,3-5,14H2,1-2H3,(H,19,20)(H4,15,16,17)/t7-,8+,9+,10?,11+/m0/s1. The van der Waals surface area contributed by atoms with E-state index in [-0.39, 0.29) is 24.3 Å². The van der Waals surface area contributed by atoms with Gasteiger partial charge >= 0.3 is 5.97 Å². The van der Waals surface area contributed by atoms with E-state index in [2.05, 4.69) is 4.99 Å². The Balaban J connectivity index is 3.03. The molecule has 8 N–H and O–H groups in total. The lowest BCUT2D eigenvalue weighted by Crippen LogP contribution is -2.46. The van der Waals surface area contributed by atoms with Crippen molar-refractivity contribution in [2.75, 3.05) is 0 Å². The molecule has 1 aliphatic rings. The first-order valence-corrected chi connectivity index (χ1v) is 7.08. The van der Waals surface area contributed by atoms with Gasteiger partial charge in [0.05, 0.1) is 18.1 Å². The minimum Gasteiger partial charge on any atom is -0.481 e. The maximum absolute atomic E-state index is 11.2. The number of carbonyl (C=O) groups is 1. The van der Waals surface area contributed by atoms with Gasteiger partial charge in [0.2, 0.25) is 0 Å². The first-order chi connectivity index (χ1) is 9.33. The van der Waals surface area contributed by atoms with E-state index in [1.54, 1.807) is 0 Å². The number of carboxylic acids is 1. The first-order valence-electron chi connectivity index (χ1n) is 7.08. The van der Waals surface area contributed by atoms with Crippen LogP contribution in [0.3, 0.4) is 0 Å². The smallest absolute Gasteiger partial charge is 0.309 e. The van der Waals surface area contributed by atoms with E-state index in [4.69, 9.17) is 17.2 Å². The lowest BCUT2D eigenvalue weighted by atomic mass is 9.81. The molecule has 0 heterocycles. The Bertz CT molecular complexity index is 367. The van der Waals surface area contributed by atoms with Crippen LogP contribution >= 0.6 is 0 Å². The molecule has 20 heavy (non-hydrogen) atoms. The summed E-state index contributed by atoms with van der Waals surface area (Å²) >= 11 is 0. The number of hydrogen-bond donors (Lipinski definition) is 5. The number of aliphatic hydroxyl groups excluding tert-OH is 1. The Labute approximate surface area is 119 Å². The number of rotatable bonds is 6. The highest BCUT2D eigenvalue weighted by Gasteiger charge is 2.49. The molecule has 0 saturated heterocycles. The van der Waals surface area contributed by atoms with Crippen LogP contribution in [0.25, 0.3) is 0 Å². The molecule has 7 nitrogen and oxygen atoms in total. The summed E-state index contributed by atoms with van der Waals surface area (Å²) in [6.07, 6.45) is 0.934. The molecule has 1 rings (SSSR count). The molecule has 5 atom stereocenters. The van der Waals surface area contributed by atoms with Crippen LogP contribution in [0.15, 0.2) is 4.99 Å². The van der Waals surface area contributed by atoms with Crippen LogP contribution < -0.4 is 17.2 Å². The Kier molecular flexibility index (Phi) is 5.76. The van der Waals surface area contributed by atoms with E-state index in [1.807, 2.05) is 13.8 Å². The normalized spacial score (nSPS) is 31.2. The van der Waals surface area contributed by atoms with Crippen molar-refractivity contribution in [3.63, 3.8) is 0 Å². The van der Waals surface area contributed by atoms with Gasteiger partial charge in [-0.15, -0.1) is 0 Å². The second-order valence-electron chi connectivity index (χ2n) is 5.52. The molecule has 116 valence electrons. The minimum atomic E-state index is -1.03. The second kappa shape index (κ2) is 6.90. The molecule has 0 radical (unpaired) electrons. The molecule has 0 aromatic carbocycles. The quantitative estimate of drug-likeness (QED) is 0.327. The van der Waals surface area contributed by atoms with E-state index in [0.29, 0.717) is 0 Å². The third-order valence-corrected chi connectivity index (χ3v) is 4.42. The van der Waals surface area contributed by atoms with E-state index >= 15 is 0 Å². The molecule has 0 aliphatic heterocycles. The summed E-state index contributed by atoms with van der Waals surface area (Å²) in [6.45, 7) is 4.05. The molecule has 0 spiro atoms. The number of nitrogens with two attached hydrogens (primary N) is 3.